The molecule has 0 aromatic heterocycles. The number of ether oxygens (including phenoxy) is 4. The molecule has 68 heavy (non-hydrogen) atoms. The van der Waals surface area contributed by atoms with E-state index >= 15 is 0 Å². The highest BCUT2D eigenvalue weighted by Gasteiger charge is 2.46. The van der Waals surface area contributed by atoms with Crippen LogP contribution in [0.3, 0.4) is 0 Å². The molecule has 15 heteroatoms. The fourth-order valence-corrected chi connectivity index (χ4v) is 9.11. The van der Waals surface area contributed by atoms with Crippen molar-refractivity contribution in [3.63, 3.8) is 0 Å². The topological polar surface area (TPSA) is 144 Å². The molecule has 350 valence electrons. The zero-order chi connectivity index (χ0) is 48.5. The normalized spacial score (nSPS) is 11.2. The predicted octanol–water partition coefficient (Wildman–Crippen LogP) is 13.0. The minimum absolute atomic E-state index is 0.204. The number of methoxy groups -OCH3 is 4. The first-order chi connectivity index (χ1) is 33.2. The van der Waals surface area contributed by atoms with Crippen molar-refractivity contribution in [3.8, 4) is 51.7 Å². The van der Waals surface area contributed by atoms with Crippen molar-refractivity contribution in [1.82, 2.24) is 0 Å². The van der Waals surface area contributed by atoms with Crippen LogP contribution in [0.15, 0.2) is 158 Å². The smallest absolute Gasteiger partial charge is 0.493 e. The van der Waals surface area contributed by atoms with Crippen molar-refractivity contribution >= 4 is 36.1 Å². The maximum Gasteiger partial charge on any atom is 0.530 e. The van der Waals surface area contributed by atoms with Crippen LogP contribution >= 0.6 is 17.2 Å². The Balaban J connectivity index is 0.00000376. The summed E-state index contributed by atoms with van der Waals surface area (Å²) in [6.07, 6.45) is 2.09. The Morgan fingerprint density at radius 1 is 0.382 bits per heavy atom. The SMILES string of the molecule is CC.COc1cc(C=O)ccc1OP(Oc1ccc(C=O)cc1OC)Oc1ccccc1C(OP(Oc1ccc(C)cc1OC)Oc1ccc(C=O)cc1OC)(c1ccccc1)c1ccccc1. The van der Waals surface area contributed by atoms with Crippen LogP contribution in [0.1, 0.15) is 67.2 Å². The number of rotatable bonds is 22. The molecule has 0 aliphatic carbocycles. The Labute approximate surface area is 398 Å². The zero-order valence-electron chi connectivity index (χ0n) is 38.4. The fraction of sp³-hybridized carbons (Fsp3) is 0.151. The Morgan fingerprint density at radius 2 is 0.735 bits per heavy atom. The predicted molar refractivity (Wildman–Crippen MR) is 261 cm³/mol. The van der Waals surface area contributed by atoms with Gasteiger partial charge in [0.15, 0.2) is 51.6 Å². The van der Waals surface area contributed by atoms with Gasteiger partial charge < -0.3 is 41.6 Å². The van der Waals surface area contributed by atoms with E-state index in [0.717, 1.165) is 5.56 Å². The van der Waals surface area contributed by atoms with Gasteiger partial charge in [0.05, 0.1) is 28.4 Å². The van der Waals surface area contributed by atoms with Crippen LogP contribution in [0.25, 0.3) is 0 Å². The molecule has 0 radical (unpaired) electrons. The number of benzene rings is 7. The third-order valence-electron chi connectivity index (χ3n) is 9.99. The van der Waals surface area contributed by atoms with Gasteiger partial charge >= 0.3 is 17.2 Å². The molecular weight excluding hydrogens is 907 g/mol. The lowest BCUT2D eigenvalue weighted by molar-refractivity contribution is 0.111. The third-order valence-corrected chi connectivity index (χ3v) is 12.1. The molecule has 1 unspecified atom stereocenters. The molecular formula is C53H50O13P2. The van der Waals surface area contributed by atoms with Gasteiger partial charge in [-0.1, -0.05) is 98.8 Å². The second-order valence-electron chi connectivity index (χ2n) is 14.1. The Bertz CT molecular complexity index is 2670. The molecule has 0 saturated heterocycles. The summed E-state index contributed by atoms with van der Waals surface area (Å²) < 4.78 is 63.5. The van der Waals surface area contributed by atoms with Crippen LogP contribution in [-0.4, -0.2) is 47.3 Å². The number of aryl methyl sites for hydroxylation is 1. The average molecular weight is 957 g/mol. The van der Waals surface area contributed by atoms with E-state index in [1.807, 2.05) is 106 Å². The Hall–Kier alpha value is -7.43. The third kappa shape index (κ3) is 11.7. The first-order valence-electron chi connectivity index (χ1n) is 21.2. The van der Waals surface area contributed by atoms with Crippen LogP contribution < -0.4 is 41.6 Å². The largest absolute Gasteiger partial charge is 0.530 e. The van der Waals surface area contributed by atoms with Gasteiger partial charge in [-0.25, -0.2) is 0 Å². The summed E-state index contributed by atoms with van der Waals surface area (Å²) >= 11 is 0. The van der Waals surface area contributed by atoms with Crippen molar-refractivity contribution in [2.75, 3.05) is 28.4 Å². The van der Waals surface area contributed by atoms with Crippen molar-refractivity contribution < 1.29 is 60.5 Å². The van der Waals surface area contributed by atoms with Crippen LogP contribution in [0.2, 0.25) is 0 Å². The lowest BCUT2D eigenvalue weighted by Crippen LogP contribution is -2.33. The second kappa shape index (κ2) is 24.4. The Kier molecular flexibility index (Phi) is 17.9. The van der Waals surface area contributed by atoms with Crippen molar-refractivity contribution in [3.05, 3.63) is 197 Å². The summed E-state index contributed by atoms with van der Waals surface area (Å²) in [4.78, 5) is 35.3. The number of hydrogen-bond acceptors (Lipinski definition) is 13. The van der Waals surface area contributed by atoms with Gasteiger partial charge in [-0.3, -0.25) is 18.9 Å². The summed E-state index contributed by atoms with van der Waals surface area (Å²) in [5.74, 6) is 2.39. The molecule has 0 bridgehead atoms. The summed E-state index contributed by atoms with van der Waals surface area (Å²) in [7, 11) is 0.885. The van der Waals surface area contributed by atoms with Gasteiger partial charge in [-0.05, 0) is 96.4 Å². The molecule has 0 heterocycles. The van der Waals surface area contributed by atoms with Gasteiger partial charge in [0, 0.05) is 22.3 Å². The van der Waals surface area contributed by atoms with Gasteiger partial charge in [0.2, 0.25) is 0 Å². The van der Waals surface area contributed by atoms with Crippen LogP contribution in [0.4, 0.5) is 0 Å². The fourth-order valence-electron chi connectivity index (χ4n) is 6.79. The standard InChI is InChI=1S/C51H44O13P2.C2H6/c1-35-20-24-43(47(28-35)55-2)62-66(63-46-27-23-38(34-54)31-50(46)58-5)64-51(39-14-8-6-9-15-39,40-16-10-7-11-17-40)41-18-12-13-19-42(41)59-65(60-44-25-21-36(32-52)29-48(44)56-3)61-45-26-22-37(33-53)30-49(45)57-4;1-2/h6-34H,1-5H3;1-2H3. The van der Waals surface area contributed by atoms with Crippen molar-refractivity contribution in [2.45, 2.75) is 26.4 Å². The molecule has 0 aliphatic heterocycles. The summed E-state index contributed by atoms with van der Waals surface area (Å²) in [6, 6.07) is 45.8. The van der Waals surface area contributed by atoms with Crippen LogP contribution in [0.5, 0.6) is 51.7 Å². The van der Waals surface area contributed by atoms with E-state index in [-0.39, 0.29) is 40.2 Å². The molecule has 7 rings (SSSR count). The molecule has 0 saturated carbocycles. The van der Waals surface area contributed by atoms with Gasteiger partial charge in [0.1, 0.15) is 24.6 Å². The highest BCUT2D eigenvalue weighted by Crippen LogP contribution is 2.58. The van der Waals surface area contributed by atoms with E-state index < -0.39 is 22.8 Å². The van der Waals surface area contributed by atoms with E-state index in [9.17, 15) is 14.4 Å². The maximum atomic E-state index is 11.8. The van der Waals surface area contributed by atoms with Crippen molar-refractivity contribution in [1.29, 1.82) is 0 Å². The number of hydrogen-bond donors (Lipinski definition) is 0. The van der Waals surface area contributed by atoms with E-state index in [1.165, 1.54) is 33.5 Å². The summed E-state index contributed by atoms with van der Waals surface area (Å²) in [6.45, 7) is 5.93. The minimum atomic E-state index is -2.53. The number of para-hydroxylation sites is 1. The lowest BCUT2D eigenvalue weighted by Gasteiger charge is -2.38. The molecule has 0 N–H and O–H groups in total. The molecule has 0 fully saturated rings. The zero-order valence-corrected chi connectivity index (χ0v) is 40.2. The number of carbonyl (C=O) groups excluding carboxylic acids is 3. The number of carbonyl (C=O) groups is 3. The van der Waals surface area contributed by atoms with Crippen LogP contribution in [-0.2, 0) is 10.1 Å². The maximum absolute atomic E-state index is 11.8. The minimum Gasteiger partial charge on any atom is -0.493 e. The van der Waals surface area contributed by atoms with Gasteiger partial charge in [-0.15, -0.1) is 0 Å². The first kappa shape index (κ1) is 50.0. The second-order valence-corrected chi connectivity index (χ2v) is 16.1. The van der Waals surface area contributed by atoms with Crippen LogP contribution in [0, 0.1) is 6.92 Å². The first-order valence-corrected chi connectivity index (χ1v) is 23.4. The molecule has 7 aromatic rings. The molecule has 0 spiro atoms. The molecule has 13 nitrogen and oxygen atoms in total. The highest BCUT2D eigenvalue weighted by molar-refractivity contribution is 7.43. The van der Waals surface area contributed by atoms with Crippen molar-refractivity contribution in [2.24, 2.45) is 0 Å². The highest BCUT2D eigenvalue weighted by atomic mass is 31.2. The lowest BCUT2D eigenvalue weighted by atomic mass is 9.80. The van der Waals surface area contributed by atoms with E-state index in [0.29, 0.717) is 63.7 Å². The summed E-state index contributed by atoms with van der Waals surface area (Å²) in [5, 5.41) is 0. The molecule has 1 atom stereocenters. The number of aldehydes is 3. The quantitative estimate of drug-likeness (QED) is 0.0361. The monoisotopic (exact) mass is 956 g/mol. The molecule has 0 amide bonds. The summed E-state index contributed by atoms with van der Waals surface area (Å²) in [5.41, 5.74) is 2.17. The van der Waals surface area contributed by atoms with E-state index in [2.05, 4.69) is 0 Å². The average Bonchev–Trinajstić information content (AvgIpc) is 3.39. The molecule has 7 aromatic carbocycles. The van der Waals surface area contributed by atoms with Gasteiger partial charge in [-0.2, -0.15) is 0 Å². The van der Waals surface area contributed by atoms with Gasteiger partial charge in [0.25, 0.3) is 0 Å². The van der Waals surface area contributed by atoms with E-state index in [1.54, 1.807) is 67.8 Å². The Morgan fingerprint density at radius 3 is 1.15 bits per heavy atom. The molecule has 0 aliphatic rings. The van der Waals surface area contributed by atoms with E-state index in [4.69, 9.17) is 46.1 Å².